The second kappa shape index (κ2) is 22.2. The number of carbonyl (C=O) groups excluding carboxylic acids is 6. The van der Waals surface area contributed by atoms with Gasteiger partial charge >= 0.3 is 17.9 Å². The van der Waals surface area contributed by atoms with Gasteiger partial charge in [0.15, 0.2) is 0 Å². The molecular weight excluding hydrogens is 1110 g/mol. The largest absolute Gasteiger partial charge is 0.491 e. The van der Waals surface area contributed by atoms with E-state index in [1.165, 1.54) is 11.0 Å². The number of aliphatic hydroxyl groups excluding tert-OH is 1. The van der Waals surface area contributed by atoms with Crippen LogP contribution in [0.2, 0.25) is 0 Å². The minimum atomic E-state index is -1.72. The number of anilines is 1. The Bertz CT molecular complexity index is 3260. The molecule has 4 fully saturated rings. The molecule has 16 nitrogen and oxygen atoms in total. The molecule has 6 aromatic carbocycles. The van der Waals surface area contributed by atoms with E-state index in [-0.39, 0.29) is 57.7 Å². The molecule has 5 aliphatic rings. The van der Waals surface area contributed by atoms with Gasteiger partial charge in [0.25, 0.3) is 0 Å². The van der Waals surface area contributed by atoms with Crippen molar-refractivity contribution in [2.24, 2.45) is 11.8 Å². The van der Waals surface area contributed by atoms with Crippen LogP contribution in [0.15, 0.2) is 170 Å². The number of cyclic esters (lactones) is 1. The minimum Gasteiger partial charge on any atom is -0.491 e. The fraction of sp³-hybridized carbons (Fsp3) is 0.279. The first-order chi connectivity index (χ1) is 38.0. The summed E-state index contributed by atoms with van der Waals surface area (Å²) < 4.78 is 30.9. The summed E-state index contributed by atoms with van der Waals surface area (Å²) >= 11 is 2.18. The number of esters is 3. The second-order valence-electron chi connectivity index (χ2n) is 19.9. The van der Waals surface area contributed by atoms with Crippen molar-refractivity contribution in [3.63, 3.8) is 0 Å². The quantitative estimate of drug-likeness (QED) is 0.0271. The fourth-order valence-electron chi connectivity index (χ4n) is 12.4. The molecule has 78 heavy (non-hydrogen) atoms. The van der Waals surface area contributed by atoms with Crippen molar-refractivity contribution >= 4 is 63.9 Å². The van der Waals surface area contributed by atoms with Crippen LogP contribution in [-0.4, -0.2) is 102 Å². The molecule has 17 heteroatoms. The first-order valence-electron chi connectivity index (χ1n) is 25.9. The fourth-order valence-corrected chi connectivity index (χ4v) is 12.9. The first kappa shape index (κ1) is 52.2. The maximum Gasteiger partial charge on any atom is 0.325 e. The SMILES string of the molecule is C=CCOC(=O)[C@H]1[C@@H]2C(=O)O[C@@H](c3ccccc3)[C@@H](c3ccccc3)N2[C@@H](c2ccc(OCCOC(=O)[C@@H]3C[C@@H]4C(=O)N[C@@H](Cc5ccccc5)C(=O)N4[C@@H]3c3cccc(OCCO)c3)cc2)[C@]12C(=O)Nc1ccc(I)cc12. The molecule has 6 aromatic rings. The predicted octanol–water partition coefficient (Wildman–Crippen LogP) is 7.28. The standard InChI is InChI=1S/C61H55IN4O12/c1-2-28-76-58(71)49-52-59(72)78-53(38-17-10-5-11-18-38)51(37-15-8-4-9-16-37)66(52)54(61(49)45-34-41(62)23-26-46(45)64-60(61)73)39-21-24-42(25-22-39)75-30-31-77-57(70)44-35-48-55(68)63-47(32-36-13-6-3-7-14-36)56(69)65(48)50(44)40-19-12-20-43(33-40)74-29-27-67/h2-26,33-34,44,47-54,67H,1,27-32,35H2,(H,63,68)(H,64,73)/t44-,47+,48-,49-,50-,51-,52-,53+,54+,61-/m1/s1. The molecule has 0 aliphatic carbocycles. The number of benzene rings is 6. The number of aliphatic hydroxyl groups is 1. The molecule has 0 saturated carbocycles. The van der Waals surface area contributed by atoms with Crippen molar-refractivity contribution in [3.05, 3.63) is 207 Å². The molecule has 0 unspecified atom stereocenters. The van der Waals surface area contributed by atoms with Gasteiger partial charge in [-0.2, -0.15) is 0 Å². The Labute approximate surface area is 463 Å². The van der Waals surface area contributed by atoms with E-state index in [1.54, 1.807) is 42.5 Å². The van der Waals surface area contributed by atoms with E-state index in [0.717, 1.165) is 20.3 Å². The van der Waals surface area contributed by atoms with Crippen LogP contribution < -0.4 is 20.1 Å². The summed E-state index contributed by atoms with van der Waals surface area (Å²) in [7, 11) is 0. The lowest BCUT2D eigenvalue weighted by atomic mass is 9.65. The third-order valence-corrected chi connectivity index (χ3v) is 16.1. The molecule has 3 N–H and O–H groups in total. The maximum absolute atomic E-state index is 15.3. The van der Waals surface area contributed by atoms with Crippen molar-refractivity contribution in [1.82, 2.24) is 15.1 Å². The summed E-state index contributed by atoms with van der Waals surface area (Å²) in [4.78, 5) is 91.0. The number of amides is 3. The number of hydrogen-bond donors (Lipinski definition) is 3. The maximum atomic E-state index is 15.3. The monoisotopic (exact) mass is 1160 g/mol. The lowest BCUT2D eigenvalue weighted by Crippen LogP contribution is -2.62. The molecule has 398 valence electrons. The summed E-state index contributed by atoms with van der Waals surface area (Å²) in [5.41, 5.74) is 2.88. The van der Waals surface area contributed by atoms with Gasteiger partial charge in [0, 0.05) is 15.7 Å². The Morgan fingerprint density at radius 1 is 0.718 bits per heavy atom. The highest BCUT2D eigenvalue weighted by Gasteiger charge is 2.74. The summed E-state index contributed by atoms with van der Waals surface area (Å²) in [6, 6.07) is 42.3. The van der Waals surface area contributed by atoms with Gasteiger partial charge in [0.2, 0.25) is 17.7 Å². The first-order valence-corrected chi connectivity index (χ1v) is 27.0. The van der Waals surface area contributed by atoms with Crippen LogP contribution in [0.5, 0.6) is 11.5 Å². The Kier molecular flexibility index (Phi) is 14.9. The Hall–Kier alpha value is -7.87. The molecule has 0 bridgehead atoms. The zero-order chi connectivity index (χ0) is 54.1. The summed E-state index contributed by atoms with van der Waals surface area (Å²) in [5, 5.41) is 15.4. The predicted molar refractivity (Wildman–Crippen MR) is 292 cm³/mol. The number of carbonyl (C=O) groups is 6. The van der Waals surface area contributed by atoms with Crippen molar-refractivity contribution in [2.45, 2.75) is 60.6 Å². The second-order valence-corrected chi connectivity index (χ2v) is 21.1. The highest BCUT2D eigenvalue weighted by atomic mass is 127. The van der Waals surface area contributed by atoms with E-state index < -0.39 is 83.4 Å². The Morgan fingerprint density at radius 2 is 1.41 bits per heavy atom. The minimum absolute atomic E-state index is 0.0210. The van der Waals surface area contributed by atoms with Gasteiger partial charge in [-0.1, -0.05) is 128 Å². The number of hydrogen-bond acceptors (Lipinski definition) is 13. The van der Waals surface area contributed by atoms with Crippen molar-refractivity contribution in [3.8, 4) is 11.5 Å². The summed E-state index contributed by atoms with van der Waals surface area (Å²) in [6.07, 6.45) is 0.873. The van der Waals surface area contributed by atoms with Crippen molar-refractivity contribution in [2.75, 3.05) is 38.4 Å². The number of ether oxygens (including phenoxy) is 5. The Morgan fingerprint density at radius 3 is 2.13 bits per heavy atom. The van der Waals surface area contributed by atoms with Gasteiger partial charge in [-0.25, -0.2) is 0 Å². The van der Waals surface area contributed by atoms with Gasteiger partial charge in [-0.3, -0.25) is 33.7 Å². The van der Waals surface area contributed by atoms with Gasteiger partial charge in [0.1, 0.15) is 73.5 Å². The molecular formula is C61H55IN4O12. The van der Waals surface area contributed by atoms with E-state index in [4.69, 9.17) is 23.7 Å². The average Bonchev–Trinajstić information content (AvgIpc) is 4.21. The number of piperazine rings is 1. The molecule has 1 spiro atoms. The van der Waals surface area contributed by atoms with E-state index in [2.05, 4.69) is 39.8 Å². The van der Waals surface area contributed by atoms with E-state index in [1.807, 2.05) is 120 Å². The number of fused-ring (bicyclic) bond motifs is 4. The van der Waals surface area contributed by atoms with Crippen LogP contribution in [0.1, 0.15) is 64.0 Å². The zero-order valence-corrected chi connectivity index (χ0v) is 44.3. The van der Waals surface area contributed by atoms with Crippen LogP contribution in [0, 0.1) is 15.4 Å². The van der Waals surface area contributed by atoms with Crippen LogP contribution >= 0.6 is 22.6 Å². The topological polar surface area (TPSA) is 199 Å². The van der Waals surface area contributed by atoms with Gasteiger partial charge in [-0.05, 0) is 105 Å². The average molecular weight is 1160 g/mol. The number of nitrogens with zero attached hydrogens (tertiary/aromatic N) is 2. The van der Waals surface area contributed by atoms with Crippen LogP contribution in [-0.2, 0) is 54.8 Å². The number of rotatable bonds is 17. The lowest BCUT2D eigenvalue weighted by molar-refractivity contribution is -0.180. The molecule has 3 amide bonds. The summed E-state index contributed by atoms with van der Waals surface area (Å²) in [6.45, 7) is 3.16. The van der Waals surface area contributed by atoms with Gasteiger partial charge < -0.3 is 44.3 Å². The molecule has 4 saturated heterocycles. The zero-order valence-electron chi connectivity index (χ0n) is 42.2. The van der Waals surface area contributed by atoms with Crippen LogP contribution in [0.4, 0.5) is 5.69 Å². The van der Waals surface area contributed by atoms with Gasteiger partial charge in [-0.15, -0.1) is 0 Å². The third-order valence-electron chi connectivity index (χ3n) is 15.5. The lowest BCUT2D eigenvalue weighted by Gasteiger charge is -2.46. The molecule has 0 aromatic heterocycles. The highest BCUT2D eigenvalue weighted by Crippen LogP contribution is 2.65. The number of nitrogens with one attached hydrogen (secondary N) is 2. The molecule has 0 radical (unpaired) electrons. The van der Waals surface area contributed by atoms with Crippen molar-refractivity contribution in [1.29, 1.82) is 0 Å². The highest BCUT2D eigenvalue weighted by molar-refractivity contribution is 14.1. The molecule has 5 aliphatic heterocycles. The van der Waals surface area contributed by atoms with E-state index >= 15 is 4.79 Å². The third kappa shape index (κ3) is 9.46. The smallest absolute Gasteiger partial charge is 0.325 e. The normalized spacial score (nSPS) is 26.0. The molecule has 5 heterocycles. The van der Waals surface area contributed by atoms with Crippen LogP contribution in [0.3, 0.4) is 0 Å². The Balaban J connectivity index is 0.890. The van der Waals surface area contributed by atoms with E-state index in [9.17, 15) is 29.1 Å². The number of morpholine rings is 1. The van der Waals surface area contributed by atoms with Crippen molar-refractivity contribution < 1.29 is 57.6 Å². The van der Waals surface area contributed by atoms with E-state index in [0.29, 0.717) is 33.9 Å². The van der Waals surface area contributed by atoms with Gasteiger partial charge in [0.05, 0.1) is 30.7 Å². The number of halogens is 1. The molecule has 10 atom stereocenters. The summed E-state index contributed by atoms with van der Waals surface area (Å²) in [5.74, 6) is -4.70. The van der Waals surface area contributed by atoms with Crippen LogP contribution in [0.25, 0.3) is 0 Å². The molecule has 11 rings (SSSR count).